The molecule has 2 heterocycles. The minimum absolute atomic E-state index is 0.602. The van der Waals surface area contributed by atoms with Crippen LogP contribution in [-0.2, 0) is 6.18 Å². The van der Waals surface area contributed by atoms with Crippen LogP contribution < -0.4 is 0 Å². The van der Waals surface area contributed by atoms with E-state index in [0.29, 0.717) is 0 Å². The molecule has 136 valence electrons. The molecule has 0 bridgehead atoms. The van der Waals surface area contributed by atoms with E-state index >= 15 is 0 Å². The Morgan fingerprint density at radius 3 is 2.44 bits per heavy atom. The van der Waals surface area contributed by atoms with Gasteiger partial charge in [0.05, 0.1) is 11.8 Å². The normalized spacial score (nSPS) is 22.2. The molecule has 1 saturated carbocycles. The van der Waals surface area contributed by atoms with Crippen LogP contribution >= 0.6 is 11.8 Å². The molecule has 1 saturated heterocycles. The van der Waals surface area contributed by atoms with E-state index in [9.17, 15) is 13.2 Å². The summed E-state index contributed by atoms with van der Waals surface area (Å²) in [5, 5.41) is 0.805. The van der Waals surface area contributed by atoms with E-state index < -0.39 is 11.7 Å². The van der Waals surface area contributed by atoms with Crippen LogP contribution in [-0.4, -0.2) is 35.3 Å². The number of hydrogen-bond acceptors (Lipinski definition) is 4. The molecule has 0 amide bonds. The van der Waals surface area contributed by atoms with Crippen molar-refractivity contribution in [1.82, 2.24) is 9.88 Å². The minimum atomic E-state index is -4.21. The van der Waals surface area contributed by atoms with E-state index in [-0.39, 0.29) is 0 Å². The molecule has 0 radical (unpaired) electrons. The molecule has 2 aromatic rings. The van der Waals surface area contributed by atoms with Gasteiger partial charge in [0.2, 0.25) is 0 Å². The summed E-state index contributed by atoms with van der Waals surface area (Å²) < 4.78 is 40.5. The summed E-state index contributed by atoms with van der Waals surface area (Å²) >= 11 is 1.72. The Morgan fingerprint density at radius 1 is 1.16 bits per heavy atom. The van der Waals surface area contributed by atoms with Crippen LogP contribution in [0.3, 0.4) is 0 Å². The minimum Gasteiger partial charge on any atom is -0.440 e. The van der Waals surface area contributed by atoms with E-state index in [1.54, 1.807) is 30.3 Å². The zero-order chi connectivity index (χ0) is 17.7. The fourth-order valence-electron chi connectivity index (χ4n) is 3.03. The maximum absolute atomic E-state index is 11.8. The van der Waals surface area contributed by atoms with E-state index in [4.69, 9.17) is 4.42 Å². The standard InChI is InChI=1S/C11H16N2OS.C7H5F3/c1(5-15-11-12-2-4-14-11)3-13-7-9-6-10(9)8-13;8-7(9,10)6-4-2-1-3-5-6/h2,4,9-10H,1,3,5-8H2;1-5H. The summed E-state index contributed by atoms with van der Waals surface area (Å²) in [6, 6.07) is 6.36. The van der Waals surface area contributed by atoms with Gasteiger partial charge < -0.3 is 9.32 Å². The van der Waals surface area contributed by atoms with Crippen LogP contribution in [0.2, 0.25) is 0 Å². The Labute approximate surface area is 149 Å². The fourth-order valence-corrected chi connectivity index (χ4v) is 3.74. The van der Waals surface area contributed by atoms with Crippen LogP contribution in [0.1, 0.15) is 18.4 Å². The largest absolute Gasteiger partial charge is 0.440 e. The highest BCUT2D eigenvalue weighted by atomic mass is 32.2. The molecule has 1 aliphatic heterocycles. The number of piperidine rings is 1. The number of thioether (sulfide) groups is 1. The van der Waals surface area contributed by atoms with Crippen molar-refractivity contribution in [2.75, 3.05) is 25.4 Å². The molecule has 1 aromatic carbocycles. The summed E-state index contributed by atoms with van der Waals surface area (Å²) in [5.74, 6) is 3.24. The van der Waals surface area contributed by atoms with Crippen molar-refractivity contribution in [2.45, 2.75) is 24.2 Å². The number of oxazole rings is 1. The van der Waals surface area contributed by atoms with Gasteiger partial charge in [0, 0.05) is 18.8 Å². The van der Waals surface area contributed by atoms with Crippen molar-refractivity contribution in [3.05, 3.63) is 48.4 Å². The average Bonchev–Trinajstić information content (AvgIpc) is 3.01. The van der Waals surface area contributed by atoms with Gasteiger partial charge in [-0.2, -0.15) is 13.2 Å². The fraction of sp³-hybridized carbons (Fsp3) is 0.500. The lowest BCUT2D eigenvalue weighted by atomic mass is 10.2. The monoisotopic (exact) mass is 370 g/mol. The van der Waals surface area contributed by atoms with Crippen LogP contribution in [0.5, 0.6) is 0 Å². The van der Waals surface area contributed by atoms with Gasteiger partial charge in [0.1, 0.15) is 6.26 Å². The maximum Gasteiger partial charge on any atom is 0.416 e. The molecule has 2 fully saturated rings. The first-order valence-corrected chi connectivity index (χ1v) is 9.38. The van der Waals surface area contributed by atoms with Crippen molar-refractivity contribution in [3.63, 3.8) is 0 Å². The van der Waals surface area contributed by atoms with Gasteiger partial charge in [0.25, 0.3) is 5.22 Å². The van der Waals surface area contributed by atoms with Gasteiger partial charge in [-0.1, -0.05) is 42.1 Å². The number of alkyl halides is 3. The second kappa shape index (κ2) is 8.27. The first-order chi connectivity index (χ1) is 12.0. The number of halogens is 3. The molecule has 25 heavy (non-hydrogen) atoms. The molecule has 4 rings (SSSR count). The Balaban J connectivity index is 0.000000160. The number of benzene rings is 1. The second-order valence-corrected chi connectivity index (χ2v) is 7.43. The highest BCUT2D eigenvalue weighted by molar-refractivity contribution is 7.99. The first-order valence-electron chi connectivity index (χ1n) is 8.39. The first kappa shape index (κ1) is 18.3. The lowest BCUT2D eigenvalue weighted by Gasteiger charge is -2.16. The predicted octanol–water partition coefficient (Wildman–Crippen LogP) is 4.81. The number of aromatic nitrogens is 1. The lowest BCUT2D eigenvalue weighted by Crippen LogP contribution is -2.24. The van der Waals surface area contributed by atoms with Crippen LogP contribution in [0.25, 0.3) is 0 Å². The Morgan fingerprint density at radius 2 is 1.88 bits per heavy atom. The molecular weight excluding hydrogens is 349 g/mol. The molecule has 2 aliphatic rings. The molecule has 1 aliphatic carbocycles. The smallest absolute Gasteiger partial charge is 0.416 e. The van der Waals surface area contributed by atoms with Gasteiger partial charge in [0.15, 0.2) is 0 Å². The number of likely N-dealkylation sites (tertiary alicyclic amines) is 1. The molecule has 0 spiro atoms. The van der Waals surface area contributed by atoms with Crippen LogP contribution in [0.4, 0.5) is 13.2 Å². The third kappa shape index (κ3) is 5.78. The van der Waals surface area contributed by atoms with Crippen LogP contribution in [0, 0.1) is 11.8 Å². The molecule has 2 atom stereocenters. The molecule has 0 N–H and O–H groups in total. The highest BCUT2D eigenvalue weighted by Crippen LogP contribution is 2.44. The summed E-state index contributed by atoms with van der Waals surface area (Å²) in [5.41, 5.74) is -0.602. The maximum atomic E-state index is 11.8. The molecule has 2 unspecified atom stereocenters. The quantitative estimate of drug-likeness (QED) is 0.558. The predicted molar refractivity (Wildman–Crippen MR) is 91.3 cm³/mol. The molecule has 3 nitrogen and oxygen atoms in total. The number of hydrogen-bond donors (Lipinski definition) is 0. The summed E-state index contributed by atoms with van der Waals surface area (Å²) in [7, 11) is 0. The lowest BCUT2D eigenvalue weighted by molar-refractivity contribution is -0.137. The Hall–Kier alpha value is -1.47. The van der Waals surface area contributed by atoms with Crippen molar-refractivity contribution in [1.29, 1.82) is 0 Å². The van der Waals surface area contributed by atoms with Gasteiger partial charge >= 0.3 is 6.18 Å². The number of rotatable bonds is 5. The van der Waals surface area contributed by atoms with E-state index in [2.05, 4.69) is 9.88 Å². The number of nitrogens with zero attached hydrogens (tertiary/aromatic N) is 2. The topological polar surface area (TPSA) is 29.3 Å². The molecular formula is C18H21F3N2OS. The summed E-state index contributed by atoms with van der Waals surface area (Å²) in [4.78, 5) is 6.69. The zero-order valence-corrected chi connectivity index (χ0v) is 14.6. The average molecular weight is 370 g/mol. The SMILES string of the molecule is FC(F)(F)c1ccccc1.c1coc(SCCCN2CC3CC3C2)n1. The van der Waals surface area contributed by atoms with Crippen molar-refractivity contribution >= 4 is 11.8 Å². The zero-order valence-electron chi connectivity index (χ0n) is 13.8. The van der Waals surface area contributed by atoms with Crippen molar-refractivity contribution in [2.24, 2.45) is 11.8 Å². The van der Waals surface area contributed by atoms with E-state index in [1.807, 2.05) is 0 Å². The Bertz CT molecular complexity index is 624. The van der Waals surface area contributed by atoms with Gasteiger partial charge in [-0.05, 0) is 31.2 Å². The molecule has 1 aromatic heterocycles. The third-order valence-corrected chi connectivity index (χ3v) is 5.35. The van der Waals surface area contributed by atoms with Gasteiger partial charge in [-0.3, -0.25) is 0 Å². The van der Waals surface area contributed by atoms with Crippen LogP contribution in [0.15, 0.2) is 52.4 Å². The molecule has 7 heteroatoms. The summed E-state index contributed by atoms with van der Waals surface area (Å²) in [6.07, 6.45) is 1.88. The van der Waals surface area contributed by atoms with E-state index in [1.165, 1.54) is 44.6 Å². The van der Waals surface area contributed by atoms with Crippen molar-refractivity contribution in [3.8, 4) is 0 Å². The van der Waals surface area contributed by atoms with Crippen molar-refractivity contribution < 1.29 is 17.6 Å². The summed E-state index contributed by atoms with van der Waals surface area (Å²) in [6.45, 7) is 3.96. The van der Waals surface area contributed by atoms with Gasteiger partial charge in [-0.15, -0.1) is 0 Å². The second-order valence-electron chi connectivity index (χ2n) is 6.38. The number of fused-ring (bicyclic) bond motifs is 1. The van der Waals surface area contributed by atoms with E-state index in [0.717, 1.165) is 34.9 Å². The van der Waals surface area contributed by atoms with Gasteiger partial charge in [-0.25, -0.2) is 4.98 Å². The third-order valence-electron chi connectivity index (χ3n) is 4.41. The Kier molecular flexibility index (Phi) is 6.06. The highest BCUT2D eigenvalue weighted by Gasteiger charge is 2.44.